The molecule has 1 aliphatic heterocycles. The van der Waals surface area contributed by atoms with E-state index in [1.807, 2.05) is 70.0 Å². The summed E-state index contributed by atoms with van der Waals surface area (Å²) in [5, 5.41) is 17.8. The fourth-order valence-corrected chi connectivity index (χ4v) is 8.12. The van der Waals surface area contributed by atoms with Crippen LogP contribution in [-0.4, -0.2) is 93.9 Å². The van der Waals surface area contributed by atoms with Gasteiger partial charge in [-0.05, 0) is 75.4 Å². The van der Waals surface area contributed by atoms with Crippen LogP contribution in [0.4, 0.5) is 0 Å². The molecule has 3 N–H and O–H groups in total. The Morgan fingerprint density at radius 2 is 1.72 bits per heavy atom. The number of thiazole rings is 1. The molecule has 0 unspecified atom stereocenters. The number of hydrogen-bond donors (Lipinski definition) is 3. The van der Waals surface area contributed by atoms with Gasteiger partial charge in [0.15, 0.2) is 6.10 Å². The highest BCUT2D eigenvalue weighted by Gasteiger charge is 2.41. The second-order valence-electron chi connectivity index (χ2n) is 15.8. The Labute approximate surface area is 324 Å². The number of ether oxygens (including phenoxy) is 1. The highest BCUT2D eigenvalue weighted by molar-refractivity contribution is 7.09. The summed E-state index contributed by atoms with van der Waals surface area (Å²) in [6.07, 6.45) is 5.68. The van der Waals surface area contributed by atoms with E-state index >= 15 is 0 Å². The van der Waals surface area contributed by atoms with Crippen molar-refractivity contribution in [3.05, 3.63) is 52.0 Å². The molecule has 4 rings (SSSR count). The third kappa shape index (κ3) is 12.3. The Hall–Kier alpha value is -3.84. The summed E-state index contributed by atoms with van der Waals surface area (Å²) >= 11 is 1.21. The first-order valence-corrected chi connectivity index (χ1v) is 20.6. The molecule has 7 atom stereocenters. The second-order valence-corrected chi connectivity index (χ2v) is 16.7. The first kappa shape index (κ1) is 42.9. The van der Waals surface area contributed by atoms with Crippen LogP contribution < -0.4 is 10.6 Å². The lowest BCUT2D eigenvalue weighted by atomic mass is 9.91. The molecular weight excluding hydrogens is 707 g/mol. The quantitative estimate of drug-likeness (QED) is 0.140. The monoisotopic (exact) mass is 767 g/mol. The maximum Gasteiger partial charge on any atom is 0.306 e. The number of carboxylic acids is 1. The third-order valence-corrected chi connectivity index (χ3v) is 11.9. The summed E-state index contributed by atoms with van der Waals surface area (Å²) < 4.78 is 5.88. The van der Waals surface area contributed by atoms with Gasteiger partial charge in [-0.3, -0.25) is 28.9 Å². The number of carbonyl (C=O) groups excluding carboxylic acids is 4. The van der Waals surface area contributed by atoms with Crippen molar-refractivity contribution in [1.29, 1.82) is 0 Å². The van der Waals surface area contributed by atoms with Crippen molar-refractivity contribution in [3.63, 3.8) is 0 Å². The van der Waals surface area contributed by atoms with Gasteiger partial charge in [-0.2, -0.15) is 0 Å². The van der Waals surface area contributed by atoms with Crippen molar-refractivity contribution >= 4 is 41.0 Å². The number of benzene rings is 1. The van der Waals surface area contributed by atoms with Gasteiger partial charge in [0.25, 0.3) is 5.91 Å². The Bertz CT molecular complexity index is 1560. The number of carboxylic acid groups (broad SMARTS) is 1. The Morgan fingerprint density at radius 3 is 2.31 bits per heavy atom. The van der Waals surface area contributed by atoms with E-state index in [2.05, 4.69) is 20.5 Å². The van der Waals surface area contributed by atoms with Crippen LogP contribution in [0, 0.1) is 23.7 Å². The molecule has 1 saturated heterocycles. The van der Waals surface area contributed by atoms with Gasteiger partial charge in [0, 0.05) is 37.4 Å². The van der Waals surface area contributed by atoms with Crippen LogP contribution in [-0.2, 0) is 30.3 Å². The number of amides is 3. The Kier molecular flexibility index (Phi) is 16.0. The van der Waals surface area contributed by atoms with Crippen LogP contribution in [0.5, 0.6) is 0 Å². The minimum atomic E-state index is -0.939. The van der Waals surface area contributed by atoms with Gasteiger partial charge in [0.1, 0.15) is 16.7 Å². The largest absolute Gasteiger partial charge is 0.481 e. The third-order valence-electron chi connectivity index (χ3n) is 11.0. The standard InChI is InChI=1S/C41H61N5O7S/c1-8-26(4)36(44-38(49)33-16-12-13-19-45(33)7)40(50)46(23-30-17-18-30)34(25(2)3)22-35(53-28(6)47)39-43-32(24-54-39)37(48)42-31(20-27(5)41(51)52)21-29-14-10-9-11-15-29/h9-11,14-15,24-27,30-31,33-36H,8,12-13,16-23H2,1-7H3,(H,42,48)(H,44,49)(H,51,52)/t26-,27-,31+,33+,34+,35+,36-/m0/s1. The van der Waals surface area contributed by atoms with Crippen molar-refractivity contribution in [1.82, 2.24) is 25.4 Å². The van der Waals surface area contributed by atoms with E-state index in [9.17, 15) is 29.1 Å². The molecule has 1 aromatic heterocycles. The van der Waals surface area contributed by atoms with E-state index in [1.165, 1.54) is 18.3 Å². The summed E-state index contributed by atoms with van der Waals surface area (Å²) in [6.45, 7) is 12.5. The minimum Gasteiger partial charge on any atom is -0.481 e. The summed E-state index contributed by atoms with van der Waals surface area (Å²) in [7, 11) is 1.96. The van der Waals surface area contributed by atoms with E-state index in [0.717, 1.165) is 44.2 Å². The number of hydrogen-bond acceptors (Lipinski definition) is 9. The maximum atomic E-state index is 14.7. The van der Waals surface area contributed by atoms with E-state index in [1.54, 1.807) is 12.3 Å². The van der Waals surface area contributed by atoms with Crippen molar-refractivity contribution in [2.45, 2.75) is 130 Å². The first-order chi connectivity index (χ1) is 25.7. The molecule has 2 aliphatic rings. The van der Waals surface area contributed by atoms with Gasteiger partial charge >= 0.3 is 11.9 Å². The van der Waals surface area contributed by atoms with Crippen molar-refractivity contribution in [2.75, 3.05) is 20.1 Å². The fourth-order valence-electron chi connectivity index (χ4n) is 7.28. The van der Waals surface area contributed by atoms with Gasteiger partial charge in [0.2, 0.25) is 11.8 Å². The van der Waals surface area contributed by atoms with E-state index < -0.39 is 42.0 Å². The zero-order valence-electron chi connectivity index (χ0n) is 33.1. The average molecular weight is 768 g/mol. The van der Waals surface area contributed by atoms with Gasteiger partial charge in [-0.15, -0.1) is 11.3 Å². The maximum absolute atomic E-state index is 14.7. The molecule has 1 aromatic carbocycles. The zero-order chi connectivity index (χ0) is 39.5. The van der Waals surface area contributed by atoms with Crippen LogP contribution in [0.2, 0.25) is 0 Å². The Morgan fingerprint density at radius 1 is 1.02 bits per heavy atom. The zero-order valence-corrected chi connectivity index (χ0v) is 33.9. The highest BCUT2D eigenvalue weighted by atomic mass is 32.1. The number of likely N-dealkylation sites (tertiary alicyclic amines) is 1. The minimum absolute atomic E-state index is 0.0266. The predicted octanol–water partition coefficient (Wildman–Crippen LogP) is 5.87. The molecule has 3 amide bonds. The van der Waals surface area contributed by atoms with Gasteiger partial charge in [-0.1, -0.05) is 77.8 Å². The van der Waals surface area contributed by atoms with Gasteiger partial charge < -0.3 is 25.4 Å². The number of carbonyl (C=O) groups is 5. The number of rotatable bonds is 20. The average Bonchev–Trinajstić information content (AvgIpc) is 3.82. The van der Waals surface area contributed by atoms with Gasteiger partial charge in [0.05, 0.1) is 12.0 Å². The Balaban J connectivity index is 1.57. The topological polar surface area (TPSA) is 158 Å². The van der Waals surface area contributed by atoms with Crippen molar-refractivity contribution in [2.24, 2.45) is 23.7 Å². The van der Waals surface area contributed by atoms with Crippen LogP contribution in [0.15, 0.2) is 35.7 Å². The number of aliphatic carboxylic acids is 1. The number of esters is 1. The van der Waals surface area contributed by atoms with Crippen molar-refractivity contribution < 1.29 is 33.8 Å². The number of aromatic nitrogens is 1. The molecule has 12 nitrogen and oxygen atoms in total. The molecule has 0 bridgehead atoms. The SMILES string of the molecule is CC[C@H](C)[C@H](NC(=O)[C@H]1CCCCN1C)C(=O)N(CC1CC1)[C@H](C[C@@H](OC(C)=O)c1nc(C(=O)N[C@@H](Cc2ccccc2)C[C@H](C)C(=O)O)cs1)C(C)C. The summed E-state index contributed by atoms with van der Waals surface area (Å²) in [5.41, 5.74) is 1.11. The summed E-state index contributed by atoms with van der Waals surface area (Å²) in [6, 6.07) is 7.80. The fraction of sp³-hybridized carbons (Fsp3) is 0.659. The molecule has 2 aromatic rings. The van der Waals surface area contributed by atoms with Crippen LogP contribution in [0.3, 0.4) is 0 Å². The predicted molar refractivity (Wildman–Crippen MR) is 209 cm³/mol. The molecule has 1 aliphatic carbocycles. The highest BCUT2D eigenvalue weighted by Crippen LogP contribution is 2.36. The molecule has 298 valence electrons. The van der Waals surface area contributed by atoms with Crippen LogP contribution in [0.1, 0.15) is 120 Å². The first-order valence-electron chi connectivity index (χ1n) is 19.7. The second kappa shape index (κ2) is 20.2. The van der Waals surface area contributed by atoms with Crippen molar-refractivity contribution in [3.8, 4) is 0 Å². The lowest BCUT2D eigenvalue weighted by Crippen LogP contribution is -2.59. The molecule has 0 spiro atoms. The molecule has 1 saturated carbocycles. The number of nitrogens with one attached hydrogen (secondary N) is 2. The van der Waals surface area contributed by atoms with Crippen LogP contribution >= 0.6 is 11.3 Å². The molecule has 54 heavy (non-hydrogen) atoms. The number of likely N-dealkylation sites (N-methyl/N-ethyl adjacent to an activating group) is 1. The molecule has 13 heteroatoms. The molecular formula is C41H61N5O7S. The lowest BCUT2D eigenvalue weighted by molar-refractivity contribution is -0.150. The summed E-state index contributed by atoms with van der Waals surface area (Å²) in [4.78, 5) is 74.8. The van der Waals surface area contributed by atoms with E-state index in [-0.39, 0.29) is 54.3 Å². The van der Waals surface area contributed by atoms with E-state index in [4.69, 9.17) is 4.74 Å². The number of nitrogens with zero attached hydrogens (tertiary/aromatic N) is 3. The smallest absolute Gasteiger partial charge is 0.306 e. The van der Waals surface area contributed by atoms with Gasteiger partial charge in [-0.25, -0.2) is 4.98 Å². The molecule has 0 radical (unpaired) electrons. The number of piperidine rings is 1. The summed E-state index contributed by atoms with van der Waals surface area (Å²) in [5.74, 6) is -2.56. The molecule has 2 fully saturated rings. The van der Waals surface area contributed by atoms with E-state index in [0.29, 0.717) is 30.3 Å². The molecule has 2 heterocycles. The lowest BCUT2D eigenvalue weighted by Gasteiger charge is -2.40. The van der Waals surface area contributed by atoms with Crippen LogP contribution in [0.25, 0.3) is 0 Å². The normalized spacial score (nSPS) is 19.5.